The van der Waals surface area contributed by atoms with Gasteiger partial charge in [-0.25, -0.2) is 0 Å². The third-order valence-electron chi connectivity index (χ3n) is 10.2. The first-order chi connectivity index (χ1) is 22.8. The molecule has 0 radical (unpaired) electrons. The maximum absolute atomic E-state index is 2.49. The van der Waals surface area contributed by atoms with E-state index in [0.717, 1.165) is 0 Å². The molecule has 7 aromatic carbocycles. The summed E-state index contributed by atoms with van der Waals surface area (Å²) in [6.07, 6.45) is 0. The minimum Gasteiger partial charge on any atom is -0.309 e. The van der Waals surface area contributed by atoms with Crippen LogP contribution in [0.1, 0.15) is 41.7 Å². The van der Waals surface area contributed by atoms with Crippen LogP contribution in [0.4, 0.5) is 0 Å². The Balaban J connectivity index is 0.000000249. The molecule has 0 unspecified atom stereocenters. The number of para-hydroxylation sites is 1. The molecule has 0 fully saturated rings. The minimum absolute atomic E-state index is 0.0283. The molecule has 0 atom stereocenters. The molecule has 1 aliphatic carbocycles. The lowest BCUT2D eigenvalue weighted by atomic mass is 9.82. The summed E-state index contributed by atoms with van der Waals surface area (Å²) in [5, 5.41) is 5.28. The largest absolute Gasteiger partial charge is 0.309 e. The molecule has 9 rings (SSSR count). The van der Waals surface area contributed by atoms with E-state index < -0.39 is 0 Å². The van der Waals surface area contributed by atoms with E-state index in [-0.39, 0.29) is 5.41 Å². The van der Waals surface area contributed by atoms with Crippen molar-refractivity contribution in [3.8, 4) is 27.9 Å². The molecule has 0 spiro atoms. The Kier molecular flexibility index (Phi) is 6.88. The van der Waals surface area contributed by atoms with E-state index in [2.05, 4.69) is 185 Å². The normalized spacial score (nSPS) is 13.0. The van der Waals surface area contributed by atoms with Crippen LogP contribution in [0.5, 0.6) is 0 Å². The van der Waals surface area contributed by atoms with Crippen molar-refractivity contribution in [2.45, 2.75) is 40.0 Å². The molecular weight excluding hydrogens is 567 g/mol. The van der Waals surface area contributed by atoms with E-state index in [1.807, 2.05) is 0 Å². The van der Waals surface area contributed by atoms with Gasteiger partial charge in [-0.15, -0.1) is 0 Å². The van der Waals surface area contributed by atoms with Gasteiger partial charge in [0.1, 0.15) is 0 Å². The zero-order valence-corrected chi connectivity index (χ0v) is 27.8. The van der Waals surface area contributed by atoms with Gasteiger partial charge in [0.15, 0.2) is 0 Å². The number of fused-ring (bicyclic) bond motifs is 7. The van der Waals surface area contributed by atoms with Gasteiger partial charge in [0, 0.05) is 21.9 Å². The lowest BCUT2D eigenvalue weighted by molar-refractivity contribution is 0.661. The Morgan fingerprint density at radius 1 is 0.468 bits per heavy atom. The average molecular weight is 606 g/mol. The van der Waals surface area contributed by atoms with E-state index >= 15 is 0 Å². The van der Waals surface area contributed by atoms with Gasteiger partial charge in [-0.1, -0.05) is 141 Å². The Bertz CT molecular complexity index is 2460. The fraction of sp³-hybridized carbons (Fsp3) is 0.130. The lowest BCUT2D eigenvalue weighted by Gasteiger charge is -2.21. The molecule has 1 heteroatoms. The molecule has 0 amide bonds. The third kappa shape index (κ3) is 4.69. The van der Waals surface area contributed by atoms with Crippen LogP contribution in [0.25, 0.3) is 60.5 Å². The van der Waals surface area contributed by atoms with Gasteiger partial charge in [0.25, 0.3) is 0 Å². The summed E-state index contributed by atoms with van der Waals surface area (Å²) in [5.41, 5.74) is 15.9. The molecule has 0 saturated carbocycles. The van der Waals surface area contributed by atoms with E-state index in [1.54, 1.807) is 0 Å². The third-order valence-corrected chi connectivity index (χ3v) is 10.2. The van der Waals surface area contributed by atoms with Crippen molar-refractivity contribution < 1.29 is 0 Å². The summed E-state index contributed by atoms with van der Waals surface area (Å²) in [4.78, 5) is 0. The van der Waals surface area contributed by atoms with Crippen LogP contribution >= 0.6 is 0 Å². The van der Waals surface area contributed by atoms with Crippen LogP contribution in [0, 0.1) is 20.8 Å². The van der Waals surface area contributed by atoms with Crippen molar-refractivity contribution >= 4 is 32.6 Å². The summed E-state index contributed by atoms with van der Waals surface area (Å²) < 4.78 is 2.49. The standard InChI is InChI=1S/C35H29N.C11H10/c1-22-12-8-9-15-25(22)26-18-19-28-30-20-29-27-16-10-11-17-31(27)35(3,4)32(29)21-33(30)36(34(28)23(26)2)24-13-6-5-7-14-24;1-9-6-7-10-4-2-3-5-11(10)8-9/h5-21H,1-4H3;2-8H,1H3. The Labute approximate surface area is 277 Å². The molecule has 1 nitrogen and oxygen atoms in total. The zero-order chi connectivity index (χ0) is 32.3. The van der Waals surface area contributed by atoms with Gasteiger partial charge in [-0.2, -0.15) is 0 Å². The minimum atomic E-state index is -0.0283. The van der Waals surface area contributed by atoms with E-state index in [9.17, 15) is 0 Å². The van der Waals surface area contributed by atoms with Crippen molar-refractivity contribution in [2.24, 2.45) is 0 Å². The van der Waals surface area contributed by atoms with Crippen molar-refractivity contribution in [3.63, 3.8) is 0 Å². The van der Waals surface area contributed by atoms with Crippen LogP contribution in [0.15, 0.2) is 146 Å². The molecule has 0 saturated heterocycles. The van der Waals surface area contributed by atoms with Gasteiger partial charge >= 0.3 is 0 Å². The van der Waals surface area contributed by atoms with E-state index in [4.69, 9.17) is 0 Å². The highest BCUT2D eigenvalue weighted by molar-refractivity contribution is 6.13. The Morgan fingerprint density at radius 3 is 1.94 bits per heavy atom. The van der Waals surface area contributed by atoms with Gasteiger partial charge < -0.3 is 4.57 Å². The van der Waals surface area contributed by atoms with Gasteiger partial charge in [-0.05, 0) is 100 Å². The van der Waals surface area contributed by atoms with Crippen molar-refractivity contribution in [1.29, 1.82) is 0 Å². The zero-order valence-electron chi connectivity index (χ0n) is 27.8. The maximum Gasteiger partial charge on any atom is 0.0576 e. The Hall–Kier alpha value is -5.40. The summed E-state index contributed by atoms with van der Waals surface area (Å²) >= 11 is 0. The average Bonchev–Trinajstić information content (AvgIpc) is 3.54. The van der Waals surface area contributed by atoms with Crippen molar-refractivity contribution in [1.82, 2.24) is 4.57 Å². The molecule has 47 heavy (non-hydrogen) atoms. The molecule has 8 aromatic rings. The van der Waals surface area contributed by atoms with E-state index in [0.29, 0.717) is 0 Å². The number of hydrogen-bond donors (Lipinski definition) is 0. The van der Waals surface area contributed by atoms with Crippen LogP contribution < -0.4 is 0 Å². The number of aryl methyl sites for hydroxylation is 3. The summed E-state index contributed by atoms with van der Waals surface area (Å²) in [5.74, 6) is 0. The molecule has 0 bridgehead atoms. The summed E-state index contributed by atoms with van der Waals surface area (Å²) in [6, 6.07) is 52.9. The molecule has 0 N–H and O–H groups in total. The highest BCUT2D eigenvalue weighted by atomic mass is 15.0. The number of benzene rings is 7. The Morgan fingerprint density at radius 2 is 1.15 bits per heavy atom. The topological polar surface area (TPSA) is 4.93 Å². The fourth-order valence-corrected chi connectivity index (χ4v) is 7.78. The monoisotopic (exact) mass is 605 g/mol. The smallest absolute Gasteiger partial charge is 0.0576 e. The first-order valence-corrected chi connectivity index (χ1v) is 16.6. The second-order valence-electron chi connectivity index (χ2n) is 13.6. The van der Waals surface area contributed by atoms with E-state index in [1.165, 1.54) is 88.3 Å². The highest BCUT2D eigenvalue weighted by Crippen LogP contribution is 2.51. The number of nitrogens with zero attached hydrogens (tertiary/aromatic N) is 1. The predicted molar refractivity (Wildman–Crippen MR) is 202 cm³/mol. The van der Waals surface area contributed by atoms with Gasteiger partial charge in [0.2, 0.25) is 0 Å². The second kappa shape index (κ2) is 11.1. The van der Waals surface area contributed by atoms with Crippen LogP contribution in [-0.2, 0) is 5.41 Å². The fourth-order valence-electron chi connectivity index (χ4n) is 7.78. The first-order valence-electron chi connectivity index (χ1n) is 16.6. The van der Waals surface area contributed by atoms with Crippen LogP contribution in [0.2, 0.25) is 0 Å². The first kappa shape index (κ1) is 29.0. The van der Waals surface area contributed by atoms with Crippen molar-refractivity contribution in [3.05, 3.63) is 173 Å². The second-order valence-corrected chi connectivity index (χ2v) is 13.6. The molecule has 1 heterocycles. The summed E-state index contributed by atoms with van der Waals surface area (Å²) in [7, 11) is 0. The predicted octanol–water partition coefficient (Wildman–Crippen LogP) is 12.5. The number of rotatable bonds is 2. The van der Waals surface area contributed by atoms with Gasteiger partial charge in [-0.3, -0.25) is 0 Å². The van der Waals surface area contributed by atoms with Crippen LogP contribution in [-0.4, -0.2) is 4.57 Å². The molecule has 1 aromatic heterocycles. The van der Waals surface area contributed by atoms with Crippen LogP contribution in [0.3, 0.4) is 0 Å². The van der Waals surface area contributed by atoms with Crippen molar-refractivity contribution in [2.75, 3.05) is 0 Å². The quantitative estimate of drug-likeness (QED) is 0.185. The molecule has 1 aliphatic rings. The lowest BCUT2D eigenvalue weighted by Crippen LogP contribution is -2.14. The number of hydrogen-bond acceptors (Lipinski definition) is 0. The summed E-state index contributed by atoms with van der Waals surface area (Å²) in [6.45, 7) is 11.3. The SMILES string of the molecule is Cc1ccc2ccccc2c1.Cc1ccccc1-c1ccc2c3cc4c(cc3n(-c3ccccc3)c2c1C)C(C)(C)c1ccccc1-4. The number of aromatic nitrogens is 1. The highest BCUT2D eigenvalue weighted by Gasteiger charge is 2.36. The van der Waals surface area contributed by atoms with Gasteiger partial charge in [0.05, 0.1) is 11.0 Å². The molecular formula is C46H39N. The molecule has 228 valence electrons. The molecule has 0 aliphatic heterocycles. The maximum atomic E-state index is 2.49.